The van der Waals surface area contributed by atoms with E-state index in [1.165, 1.54) is 17.7 Å². The molecule has 2 saturated heterocycles. The van der Waals surface area contributed by atoms with Crippen LogP contribution in [0.1, 0.15) is 30.5 Å². The van der Waals surface area contributed by atoms with Crippen LogP contribution in [0.5, 0.6) is 0 Å². The Labute approximate surface area is 165 Å². The van der Waals surface area contributed by atoms with E-state index in [1.54, 1.807) is 17.0 Å². The van der Waals surface area contributed by atoms with Crippen molar-refractivity contribution in [3.63, 3.8) is 0 Å². The Morgan fingerprint density at radius 3 is 2.71 bits per heavy atom. The van der Waals surface area contributed by atoms with Crippen molar-refractivity contribution in [3.8, 4) is 0 Å². The van der Waals surface area contributed by atoms with Crippen molar-refractivity contribution in [2.24, 2.45) is 0 Å². The second kappa shape index (κ2) is 7.97. The summed E-state index contributed by atoms with van der Waals surface area (Å²) < 4.78 is 19.3. The van der Waals surface area contributed by atoms with Crippen molar-refractivity contribution in [2.75, 3.05) is 31.1 Å². The van der Waals surface area contributed by atoms with E-state index in [2.05, 4.69) is 22.0 Å². The summed E-state index contributed by atoms with van der Waals surface area (Å²) in [5, 5.41) is 0. The van der Waals surface area contributed by atoms with Crippen LogP contribution in [-0.4, -0.2) is 47.6 Å². The molecule has 1 unspecified atom stereocenters. The topological polar surface area (TPSA) is 45.7 Å². The number of hydrogen-bond donors (Lipinski definition) is 0. The fourth-order valence-corrected chi connectivity index (χ4v) is 4.08. The Morgan fingerprint density at radius 2 is 1.96 bits per heavy atom. The first kappa shape index (κ1) is 19.0. The van der Waals surface area contributed by atoms with E-state index in [9.17, 15) is 9.18 Å². The molecule has 0 radical (unpaired) electrons. The van der Waals surface area contributed by atoms with Gasteiger partial charge in [0.1, 0.15) is 12.4 Å². The van der Waals surface area contributed by atoms with Gasteiger partial charge in [0.2, 0.25) is 0 Å². The second-order valence-corrected chi connectivity index (χ2v) is 7.88. The van der Waals surface area contributed by atoms with Crippen LogP contribution in [0.25, 0.3) is 0 Å². The number of nitrogens with zero attached hydrogens (tertiary/aromatic N) is 3. The smallest absolute Gasteiger partial charge is 0.253 e. The van der Waals surface area contributed by atoms with Crippen molar-refractivity contribution in [2.45, 2.75) is 38.3 Å². The molecule has 0 bridgehead atoms. The molecule has 148 valence electrons. The maximum absolute atomic E-state index is 13.3. The number of hydrogen-bond acceptors (Lipinski definition) is 4. The first-order valence-electron chi connectivity index (χ1n) is 9.87. The summed E-state index contributed by atoms with van der Waals surface area (Å²) in [7, 11) is 0. The van der Waals surface area contributed by atoms with E-state index in [1.807, 2.05) is 13.1 Å². The SMILES string of the molecule is Cc1ccc(CN2CCCC3(CC2)CN(c2ccc(F)cc2)C(=O)CO3)nc1. The van der Waals surface area contributed by atoms with Gasteiger partial charge in [0, 0.05) is 25.0 Å². The number of anilines is 1. The van der Waals surface area contributed by atoms with Gasteiger partial charge in [-0.3, -0.25) is 14.7 Å². The molecule has 1 spiro atoms. The molecule has 5 nitrogen and oxygen atoms in total. The van der Waals surface area contributed by atoms with Gasteiger partial charge in [-0.05, 0) is 68.6 Å². The van der Waals surface area contributed by atoms with Crippen LogP contribution in [0.2, 0.25) is 0 Å². The molecule has 0 saturated carbocycles. The molecule has 2 aliphatic heterocycles. The summed E-state index contributed by atoms with van der Waals surface area (Å²) in [6.07, 6.45) is 4.70. The molecule has 4 rings (SSSR count). The number of likely N-dealkylation sites (tertiary alicyclic amines) is 1. The van der Waals surface area contributed by atoms with Crippen LogP contribution in [0, 0.1) is 12.7 Å². The van der Waals surface area contributed by atoms with E-state index in [4.69, 9.17) is 4.74 Å². The molecular weight excluding hydrogens is 357 g/mol. The molecule has 2 aromatic rings. The van der Waals surface area contributed by atoms with Gasteiger partial charge in [0.05, 0.1) is 17.8 Å². The molecule has 2 fully saturated rings. The van der Waals surface area contributed by atoms with Crippen LogP contribution in [0.15, 0.2) is 42.6 Å². The third-order valence-corrected chi connectivity index (χ3v) is 5.74. The van der Waals surface area contributed by atoms with E-state index < -0.39 is 0 Å². The first-order chi connectivity index (χ1) is 13.5. The van der Waals surface area contributed by atoms with Gasteiger partial charge in [-0.1, -0.05) is 6.07 Å². The van der Waals surface area contributed by atoms with E-state index in [0.717, 1.165) is 50.3 Å². The quantitative estimate of drug-likeness (QED) is 0.816. The van der Waals surface area contributed by atoms with Crippen LogP contribution >= 0.6 is 0 Å². The van der Waals surface area contributed by atoms with Gasteiger partial charge in [-0.15, -0.1) is 0 Å². The summed E-state index contributed by atoms with van der Waals surface area (Å²) in [6, 6.07) is 10.3. The predicted molar refractivity (Wildman–Crippen MR) is 106 cm³/mol. The summed E-state index contributed by atoms with van der Waals surface area (Å²) >= 11 is 0. The largest absolute Gasteiger partial charge is 0.363 e. The Balaban J connectivity index is 1.43. The van der Waals surface area contributed by atoms with E-state index in [-0.39, 0.29) is 23.9 Å². The number of benzene rings is 1. The fourth-order valence-electron chi connectivity index (χ4n) is 4.08. The lowest BCUT2D eigenvalue weighted by molar-refractivity contribution is -0.140. The molecule has 6 heteroatoms. The average molecular weight is 383 g/mol. The Hall–Kier alpha value is -2.31. The predicted octanol–water partition coefficient (Wildman–Crippen LogP) is 3.32. The molecule has 1 aromatic heterocycles. The highest BCUT2D eigenvalue weighted by Gasteiger charge is 2.41. The molecule has 28 heavy (non-hydrogen) atoms. The van der Waals surface area contributed by atoms with Gasteiger partial charge in [-0.2, -0.15) is 0 Å². The highest BCUT2D eigenvalue weighted by Crippen LogP contribution is 2.33. The van der Waals surface area contributed by atoms with E-state index >= 15 is 0 Å². The number of ether oxygens (including phenoxy) is 1. The maximum atomic E-state index is 13.3. The van der Waals surface area contributed by atoms with Gasteiger partial charge in [0.15, 0.2) is 0 Å². The monoisotopic (exact) mass is 383 g/mol. The van der Waals surface area contributed by atoms with Crippen molar-refractivity contribution < 1.29 is 13.9 Å². The van der Waals surface area contributed by atoms with Gasteiger partial charge in [-0.25, -0.2) is 4.39 Å². The highest BCUT2D eigenvalue weighted by molar-refractivity contribution is 5.95. The summed E-state index contributed by atoms with van der Waals surface area (Å²) in [5.41, 5.74) is 2.64. The normalized spacial score (nSPS) is 23.8. The number of halogens is 1. The highest BCUT2D eigenvalue weighted by atomic mass is 19.1. The number of carbonyl (C=O) groups is 1. The minimum absolute atomic E-state index is 0.0674. The average Bonchev–Trinajstić information content (AvgIpc) is 2.89. The van der Waals surface area contributed by atoms with Crippen LogP contribution in [0.3, 0.4) is 0 Å². The maximum Gasteiger partial charge on any atom is 0.253 e. The number of carbonyl (C=O) groups excluding carboxylic acids is 1. The van der Waals surface area contributed by atoms with Crippen molar-refractivity contribution in [1.29, 1.82) is 0 Å². The Morgan fingerprint density at radius 1 is 1.14 bits per heavy atom. The van der Waals surface area contributed by atoms with Crippen molar-refractivity contribution in [1.82, 2.24) is 9.88 Å². The van der Waals surface area contributed by atoms with E-state index in [0.29, 0.717) is 6.54 Å². The Bertz CT molecular complexity index is 825. The minimum Gasteiger partial charge on any atom is -0.363 e. The number of morpholine rings is 1. The lowest BCUT2D eigenvalue weighted by atomic mass is 9.92. The second-order valence-electron chi connectivity index (χ2n) is 7.88. The van der Waals surface area contributed by atoms with Crippen LogP contribution < -0.4 is 4.90 Å². The van der Waals surface area contributed by atoms with Crippen LogP contribution in [-0.2, 0) is 16.1 Å². The van der Waals surface area contributed by atoms with Crippen LogP contribution in [0.4, 0.5) is 10.1 Å². The zero-order chi connectivity index (χ0) is 19.6. The van der Waals surface area contributed by atoms with Gasteiger partial charge >= 0.3 is 0 Å². The summed E-state index contributed by atoms with van der Waals surface area (Å²) in [4.78, 5) is 21.1. The molecule has 1 amide bonds. The third-order valence-electron chi connectivity index (χ3n) is 5.74. The molecule has 3 heterocycles. The molecule has 2 aliphatic rings. The number of rotatable bonds is 3. The van der Waals surface area contributed by atoms with Gasteiger partial charge < -0.3 is 9.64 Å². The number of pyridine rings is 1. The summed E-state index contributed by atoms with van der Waals surface area (Å²) in [6.45, 7) is 5.37. The summed E-state index contributed by atoms with van der Waals surface area (Å²) in [5.74, 6) is -0.365. The molecule has 0 aliphatic carbocycles. The zero-order valence-corrected chi connectivity index (χ0v) is 16.2. The number of amides is 1. The number of aromatic nitrogens is 1. The fraction of sp³-hybridized carbons (Fsp3) is 0.455. The number of aryl methyl sites for hydroxylation is 1. The third kappa shape index (κ3) is 4.23. The molecule has 1 aromatic carbocycles. The van der Waals surface area contributed by atoms with Crippen molar-refractivity contribution in [3.05, 3.63) is 59.7 Å². The first-order valence-corrected chi connectivity index (χ1v) is 9.87. The lowest BCUT2D eigenvalue weighted by Crippen LogP contribution is -2.55. The molecule has 1 atom stereocenters. The molecule has 0 N–H and O–H groups in total. The lowest BCUT2D eigenvalue weighted by Gasteiger charge is -2.42. The molecular formula is C22H26FN3O2. The Kier molecular flexibility index (Phi) is 5.42. The minimum atomic E-state index is -0.336. The van der Waals surface area contributed by atoms with Gasteiger partial charge in [0.25, 0.3) is 5.91 Å². The zero-order valence-electron chi connectivity index (χ0n) is 16.2. The van der Waals surface area contributed by atoms with Crippen molar-refractivity contribution >= 4 is 11.6 Å². The standard InChI is InChI=1S/C22H26FN3O2/c1-17-3-6-19(24-13-17)14-25-11-2-9-22(10-12-25)16-26(21(27)15-28-22)20-7-4-18(23)5-8-20/h3-8,13H,2,9-12,14-16H2,1H3.